The number of carboxylic acid groups (broad SMARTS) is 1. The third-order valence-electron chi connectivity index (χ3n) is 1.19. The van der Waals surface area contributed by atoms with Gasteiger partial charge in [-0.05, 0) is 12.2 Å². The molecule has 10 heavy (non-hydrogen) atoms. The number of carbonyl (C=O) groups is 1. The van der Waals surface area contributed by atoms with Gasteiger partial charge in [-0.25, -0.2) is 0 Å². The summed E-state index contributed by atoms with van der Waals surface area (Å²) in [5.41, 5.74) is 0. The van der Waals surface area contributed by atoms with Gasteiger partial charge in [0.25, 0.3) is 0 Å². The van der Waals surface area contributed by atoms with Gasteiger partial charge in [0, 0.05) is 0 Å². The smallest absolute Gasteiger partial charge is 0.316 e. The predicted octanol–water partition coefficient (Wildman–Crippen LogP) is 1.99. The molecule has 1 atom stereocenters. The largest absolute Gasteiger partial charge is 0.480 e. The summed E-state index contributed by atoms with van der Waals surface area (Å²) >= 11 is 1.51. The molecule has 1 N–H and O–H groups in total. The van der Waals surface area contributed by atoms with Crippen LogP contribution in [-0.4, -0.2) is 22.1 Å². The molecule has 0 aromatic heterocycles. The van der Waals surface area contributed by atoms with Gasteiger partial charge in [-0.1, -0.05) is 20.3 Å². The minimum atomic E-state index is -0.672. The molecule has 0 amide bonds. The Labute approximate surface area is 66.0 Å². The zero-order chi connectivity index (χ0) is 7.98. The van der Waals surface area contributed by atoms with E-state index in [1.54, 1.807) is 0 Å². The first-order valence-corrected chi connectivity index (χ1v) is 4.61. The van der Waals surface area contributed by atoms with E-state index in [2.05, 4.69) is 0 Å². The molecule has 0 aliphatic rings. The summed E-state index contributed by atoms with van der Waals surface area (Å²) < 4.78 is 0. The zero-order valence-corrected chi connectivity index (χ0v) is 7.28. The van der Waals surface area contributed by atoms with E-state index < -0.39 is 5.97 Å². The fourth-order valence-electron chi connectivity index (χ4n) is 0.741. The molecule has 0 bridgehead atoms. The summed E-state index contributed by atoms with van der Waals surface area (Å²) in [4.78, 5) is 10.5. The Morgan fingerprint density at radius 2 is 2.20 bits per heavy atom. The first-order valence-electron chi connectivity index (χ1n) is 3.56. The molecule has 0 heterocycles. The Morgan fingerprint density at radius 3 is 2.50 bits per heavy atom. The van der Waals surface area contributed by atoms with Gasteiger partial charge in [0.15, 0.2) is 0 Å². The van der Waals surface area contributed by atoms with Crippen LogP contribution < -0.4 is 0 Å². The highest BCUT2D eigenvalue weighted by molar-refractivity contribution is 8.00. The maximum atomic E-state index is 10.5. The van der Waals surface area contributed by atoms with Gasteiger partial charge in [0.2, 0.25) is 0 Å². The van der Waals surface area contributed by atoms with Crippen LogP contribution in [0.4, 0.5) is 0 Å². The second-order valence-electron chi connectivity index (χ2n) is 2.07. The van der Waals surface area contributed by atoms with Crippen LogP contribution in [0.5, 0.6) is 0 Å². The molecule has 3 heteroatoms. The van der Waals surface area contributed by atoms with Crippen LogP contribution in [0, 0.1) is 0 Å². The highest BCUT2D eigenvalue weighted by Gasteiger charge is 2.14. The van der Waals surface area contributed by atoms with Crippen LogP contribution in [0.2, 0.25) is 0 Å². The Kier molecular flexibility index (Phi) is 5.49. The second kappa shape index (κ2) is 5.59. The van der Waals surface area contributed by atoms with Crippen molar-refractivity contribution in [2.45, 2.75) is 31.9 Å². The third kappa shape index (κ3) is 3.77. The van der Waals surface area contributed by atoms with Crippen LogP contribution in [-0.2, 0) is 4.79 Å². The first kappa shape index (κ1) is 9.82. The Bertz CT molecular complexity index is 97.8. The molecule has 0 radical (unpaired) electrons. The van der Waals surface area contributed by atoms with Crippen LogP contribution in [0.15, 0.2) is 0 Å². The molecule has 0 saturated carbocycles. The van der Waals surface area contributed by atoms with E-state index in [0.717, 1.165) is 18.6 Å². The number of hydrogen-bond donors (Lipinski definition) is 1. The quantitative estimate of drug-likeness (QED) is 0.671. The van der Waals surface area contributed by atoms with Gasteiger partial charge < -0.3 is 5.11 Å². The van der Waals surface area contributed by atoms with Gasteiger partial charge in [0.1, 0.15) is 5.25 Å². The van der Waals surface area contributed by atoms with Crippen molar-refractivity contribution in [3.63, 3.8) is 0 Å². The van der Waals surface area contributed by atoms with Crippen molar-refractivity contribution >= 4 is 17.7 Å². The van der Waals surface area contributed by atoms with Gasteiger partial charge in [-0.2, -0.15) is 0 Å². The monoisotopic (exact) mass is 162 g/mol. The second-order valence-corrected chi connectivity index (χ2v) is 3.55. The molecule has 0 aromatic carbocycles. The van der Waals surface area contributed by atoms with Crippen molar-refractivity contribution < 1.29 is 9.90 Å². The summed E-state index contributed by atoms with van der Waals surface area (Å²) in [5, 5.41) is 8.43. The van der Waals surface area contributed by atoms with Gasteiger partial charge >= 0.3 is 5.97 Å². The minimum absolute atomic E-state index is 0.185. The molecule has 0 aliphatic carbocycles. The van der Waals surface area contributed by atoms with Crippen molar-refractivity contribution in [1.29, 1.82) is 0 Å². The molecule has 0 fully saturated rings. The molecule has 0 spiro atoms. The zero-order valence-electron chi connectivity index (χ0n) is 6.46. The average molecular weight is 162 g/mol. The van der Waals surface area contributed by atoms with Gasteiger partial charge in [-0.3, -0.25) is 4.79 Å². The number of rotatable bonds is 5. The molecule has 0 rings (SSSR count). The van der Waals surface area contributed by atoms with Crippen LogP contribution in [0.1, 0.15) is 26.7 Å². The fraction of sp³-hybridized carbons (Fsp3) is 0.857. The van der Waals surface area contributed by atoms with Gasteiger partial charge in [0.05, 0.1) is 0 Å². The van der Waals surface area contributed by atoms with Crippen LogP contribution >= 0.6 is 11.8 Å². The van der Waals surface area contributed by atoms with E-state index in [1.165, 1.54) is 11.8 Å². The van der Waals surface area contributed by atoms with Crippen molar-refractivity contribution in [2.24, 2.45) is 0 Å². The number of thioether (sulfide) groups is 1. The standard InChI is InChI=1S/C7H14O2S/c1-3-5-6(7(8)9)10-4-2/h6H,3-5H2,1-2H3,(H,8,9)/t6-/m0/s1. The third-order valence-corrected chi connectivity index (χ3v) is 2.37. The highest BCUT2D eigenvalue weighted by atomic mass is 32.2. The number of aliphatic carboxylic acids is 1. The molecule has 0 aliphatic heterocycles. The maximum absolute atomic E-state index is 10.5. The van der Waals surface area contributed by atoms with Crippen LogP contribution in [0.3, 0.4) is 0 Å². The predicted molar refractivity (Wildman–Crippen MR) is 44.5 cm³/mol. The first-order chi connectivity index (χ1) is 4.72. The van der Waals surface area contributed by atoms with E-state index in [4.69, 9.17) is 5.11 Å². The SMILES string of the molecule is CCC[C@H](SCC)C(=O)O. The summed E-state index contributed by atoms with van der Waals surface area (Å²) in [6.07, 6.45) is 1.73. The Hall–Kier alpha value is -0.180. The van der Waals surface area contributed by atoms with Crippen molar-refractivity contribution in [3.05, 3.63) is 0 Å². The maximum Gasteiger partial charge on any atom is 0.316 e. The number of hydrogen-bond acceptors (Lipinski definition) is 2. The topological polar surface area (TPSA) is 37.3 Å². The lowest BCUT2D eigenvalue weighted by Crippen LogP contribution is -2.15. The number of carboxylic acids is 1. The lowest BCUT2D eigenvalue weighted by atomic mass is 10.2. The van der Waals surface area contributed by atoms with Crippen molar-refractivity contribution in [2.75, 3.05) is 5.75 Å². The molecule has 0 unspecified atom stereocenters. The lowest BCUT2D eigenvalue weighted by Gasteiger charge is -2.07. The summed E-state index contributed by atoms with van der Waals surface area (Å²) in [7, 11) is 0. The molecule has 0 aromatic rings. The summed E-state index contributed by atoms with van der Waals surface area (Å²) in [6.45, 7) is 3.99. The Balaban J connectivity index is 3.61. The van der Waals surface area contributed by atoms with E-state index in [0.29, 0.717) is 0 Å². The van der Waals surface area contributed by atoms with E-state index >= 15 is 0 Å². The highest BCUT2D eigenvalue weighted by Crippen LogP contribution is 2.15. The molecular formula is C7H14O2S. The normalized spacial score (nSPS) is 13.0. The summed E-state index contributed by atoms with van der Waals surface area (Å²) in [5.74, 6) is 0.213. The van der Waals surface area contributed by atoms with Crippen LogP contribution in [0.25, 0.3) is 0 Å². The average Bonchev–Trinajstić information content (AvgIpc) is 1.87. The lowest BCUT2D eigenvalue weighted by molar-refractivity contribution is -0.136. The van der Waals surface area contributed by atoms with E-state index in [-0.39, 0.29) is 5.25 Å². The minimum Gasteiger partial charge on any atom is -0.480 e. The molecular weight excluding hydrogens is 148 g/mol. The Morgan fingerprint density at radius 1 is 1.60 bits per heavy atom. The molecule has 60 valence electrons. The fourth-order valence-corrected chi connectivity index (χ4v) is 1.69. The van der Waals surface area contributed by atoms with Crippen molar-refractivity contribution in [3.8, 4) is 0 Å². The molecule has 2 nitrogen and oxygen atoms in total. The van der Waals surface area contributed by atoms with Crippen molar-refractivity contribution in [1.82, 2.24) is 0 Å². The van der Waals surface area contributed by atoms with E-state index in [9.17, 15) is 4.79 Å². The summed E-state index contributed by atoms with van der Waals surface area (Å²) in [6, 6.07) is 0. The molecule has 0 saturated heterocycles. The van der Waals surface area contributed by atoms with Gasteiger partial charge in [-0.15, -0.1) is 11.8 Å². The van der Waals surface area contributed by atoms with E-state index in [1.807, 2.05) is 13.8 Å².